The van der Waals surface area contributed by atoms with E-state index in [2.05, 4.69) is 44.7 Å². The number of imidazole rings is 1. The summed E-state index contributed by atoms with van der Waals surface area (Å²) in [6.07, 6.45) is 4.79. The molecular weight excluding hydrogens is 498 g/mol. The van der Waals surface area contributed by atoms with Crippen molar-refractivity contribution in [3.8, 4) is 6.01 Å². The zero-order valence-corrected chi connectivity index (χ0v) is 23.1. The molecule has 1 aromatic carbocycles. The number of unbranched alkanes of at least 4 members (excludes halogenated alkanes) is 1. The van der Waals surface area contributed by atoms with Gasteiger partial charge >= 0.3 is 17.7 Å². The monoisotopic (exact) mass is 539 g/mol. The molecule has 11 heteroatoms. The van der Waals surface area contributed by atoms with Crippen molar-refractivity contribution in [3.63, 3.8) is 0 Å². The lowest BCUT2D eigenvalue weighted by atomic mass is 10.0. The Hall–Kier alpha value is -3.44. The van der Waals surface area contributed by atoms with E-state index < -0.39 is 5.97 Å². The first-order valence-electron chi connectivity index (χ1n) is 14.0. The predicted molar refractivity (Wildman–Crippen MR) is 151 cm³/mol. The Morgan fingerprint density at radius 1 is 1.21 bits per heavy atom. The van der Waals surface area contributed by atoms with E-state index in [0.717, 1.165) is 76.0 Å². The molecule has 0 unspecified atom stereocenters. The highest BCUT2D eigenvalue weighted by atomic mass is 16.5. The number of carbonyl (C=O) groups is 1. The molecule has 11 nitrogen and oxygen atoms in total. The number of nitrogens with two attached hydrogens (primary N) is 1. The van der Waals surface area contributed by atoms with Crippen LogP contribution in [0.3, 0.4) is 0 Å². The molecule has 4 rings (SSSR count). The number of hydrogen-bond acceptors (Lipinski definition) is 8. The molecule has 3 aromatic rings. The fourth-order valence-electron chi connectivity index (χ4n) is 5.28. The van der Waals surface area contributed by atoms with Crippen LogP contribution in [0.2, 0.25) is 0 Å². The third kappa shape index (κ3) is 7.57. The number of hydrogen-bond donors (Lipinski definition) is 3. The van der Waals surface area contributed by atoms with Gasteiger partial charge < -0.3 is 25.5 Å². The van der Waals surface area contributed by atoms with Crippen LogP contribution < -0.4 is 16.2 Å². The zero-order chi connectivity index (χ0) is 27.8. The molecule has 0 amide bonds. The number of anilines is 1. The van der Waals surface area contributed by atoms with E-state index in [1.807, 2.05) is 18.2 Å². The number of fused-ring (bicyclic) bond motifs is 1. The Kier molecular flexibility index (Phi) is 9.94. The van der Waals surface area contributed by atoms with Gasteiger partial charge in [0.15, 0.2) is 11.5 Å². The molecule has 0 atom stereocenters. The average Bonchev–Trinajstić information content (AvgIpc) is 3.23. The first-order valence-corrected chi connectivity index (χ1v) is 14.0. The standard InChI is InChI=1S/C28H41N7O4/c1-3-5-16-39-27-31-25(29)24-26(32-27)35(28(38)30-24)13-7-12-34(22-10-14-33(4-2)15-11-22)19-21-9-6-8-20(17-21)18-23(36)37/h6,8-9,17,22H,3-5,7,10-16,18-19H2,1-2H3,(H,30,38)(H,36,37)(H2,29,31,32). The highest BCUT2D eigenvalue weighted by Gasteiger charge is 2.24. The highest BCUT2D eigenvalue weighted by Crippen LogP contribution is 2.22. The topological polar surface area (TPSA) is 143 Å². The minimum Gasteiger partial charge on any atom is -0.481 e. The van der Waals surface area contributed by atoms with E-state index in [-0.39, 0.29) is 23.9 Å². The van der Waals surface area contributed by atoms with Crippen molar-refractivity contribution in [2.45, 2.75) is 71.5 Å². The van der Waals surface area contributed by atoms with Crippen molar-refractivity contribution in [2.24, 2.45) is 0 Å². The first kappa shape index (κ1) is 28.6. The van der Waals surface area contributed by atoms with Crippen LogP contribution in [-0.4, -0.2) is 79.2 Å². The summed E-state index contributed by atoms with van der Waals surface area (Å²) in [6, 6.07) is 8.45. The maximum atomic E-state index is 12.8. The number of likely N-dealkylation sites (tertiary alicyclic amines) is 1. The van der Waals surface area contributed by atoms with Crippen LogP contribution in [0.25, 0.3) is 11.2 Å². The highest BCUT2D eigenvalue weighted by molar-refractivity contribution is 5.81. The van der Waals surface area contributed by atoms with Gasteiger partial charge in [0.25, 0.3) is 0 Å². The molecule has 1 aliphatic heterocycles. The van der Waals surface area contributed by atoms with Gasteiger partial charge in [0.1, 0.15) is 5.52 Å². The molecule has 0 spiro atoms. The number of aryl methyl sites for hydroxylation is 1. The van der Waals surface area contributed by atoms with Crippen molar-refractivity contribution in [2.75, 3.05) is 38.5 Å². The van der Waals surface area contributed by atoms with Crippen LogP contribution >= 0.6 is 0 Å². The van der Waals surface area contributed by atoms with Crippen LogP contribution in [-0.2, 0) is 24.3 Å². The van der Waals surface area contributed by atoms with Crippen LogP contribution in [0.4, 0.5) is 5.82 Å². The Bertz CT molecular complexity index is 1300. The van der Waals surface area contributed by atoms with Crippen molar-refractivity contribution in [1.29, 1.82) is 0 Å². The van der Waals surface area contributed by atoms with E-state index in [0.29, 0.717) is 30.4 Å². The summed E-state index contributed by atoms with van der Waals surface area (Å²) in [7, 11) is 0. The second kappa shape index (κ2) is 13.6. The third-order valence-electron chi connectivity index (χ3n) is 7.44. The molecule has 1 saturated heterocycles. The molecule has 2 aromatic heterocycles. The molecule has 0 saturated carbocycles. The molecule has 212 valence electrons. The number of benzene rings is 1. The number of carboxylic acids is 1. The van der Waals surface area contributed by atoms with E-state index in [1.54, 1.807) is 4.57 Å². The fraction of sp³-hybridized carbons (Fsp3) is 0.571. The molecule has 3 heterocycles. The van der Waals surface area contributed by atoms with Crippen LogP contribution in [0, 0.1) is 0 Å². The lowest BCUT2D eigenvalue weighted by Gasteiger charge is -2.38. The molecule has 39 heavy (non-hydrogen) atoms. The number of ether oxygens (including phenoxy) is 1. The second-order valence-electron chi connectivity index (χ2n) is 10.3. The summed E-state index contributed by atoms with van der Waals surface area (Å²) in [6.45, 7) is 9.96. The minimum atomic E-state index is -0.830. The summed E-state index contributed by atoms with van der Waals surface area (Å²) in [4.78, 5) is 40.5. The van der Waals surface area contributed by atoms with Crippen molar-refractivity contribution < 1.29 is 14.6 Å². The second-order valence-corrected chi connectivity index (χ2v) is 10.3. The normalized spacial score (nSPS) is 14.8. The zero-order valence-electron chi connectivity index (χ0n) is 23.1. The molecule has 1 fully saturated rings. The lowest BCUT2D eigenvalue weighted by Crippen LogP contribution is -2.45. The summed E-state index contributed by atoms with van der Waals surface area (Å²) >= 11 is 0. The number of H-pyrrole nitrogens is 1. The van der Waals surface area contributed by atoms with Crippen LogP contribution in [0.5, 0.6) is 6.01 Å². The largest absolute Gasteiger partial charge is 0.481 e. The van der Waals surface area contributed by atoms with Crippen molar-refractivity contribution in [3.05, 3.63) is 45.9 Å². The average molecular weight is 540 g/mol. The van der Waals surface area contributed by atoms with Gasteiger partial charge in [0, 0.05) is 25.7 Å². The van der Waals surface area contributed by atoms with E-state index in [4.69, 9.17) is 10.5 Å². The van der Waals surface area contributed by atoms with Crippen LogP contribution in [0.1, 0.15) is 57.1 Å². The molecule has 0 radical (unpaired) electrons. The molecule has 4 N–H and O–H groups in total. The van der Waals surface area contributed by atoms with Crippen molar-refractivity contribution in [1.82, 2.24) is 29.3 Å². The number of aromatic nitrogens is 4. The first-order chi connectivity index (χ1) is 18.9. The molecular formula is C28H41N7O4. The van der Waals surface area contributed by atoms with Crippen LogP contribution in [0.15, 0.2) is 29.1 Å². The maximum absolute atomic E-state index is 12.8. The lowest BCUT2D eigenvalue weighted by molar-refractivity contribution is -0.136. The summed E-state index contributed by atoms with van der Waals surface area (Å²) in [5, 5.41) is 9.21. The van der Waals surface area contributed by atoms with Gasteiger partial charge in [-0.3, -0.25) is 14.3 Å². The summed E-state index contributed by atoms with van der Waals surface area (Å²) in [5.74, 6) is -0.628. The Balaban J connectivity index is 1.49. The van der Waals surface area contributed by atoms with Gasteiger partial charge in [-0.2, -0.15) is 9.97 Å². The minimum absolute atomic E-state index is 0.0152. The number of carboxylic acid groups (broad SMARTS) is 1. The molecule has 0 aliphatic carbocycles. The van der Waals surface area contributed by atoms with Gasteiger partial charge in [-0.15, -0.1) is 0 Å². The number of aromatic amines is 1. The number of nitrogen functional groups attached to an aromatic ring is 1. The van der Waals surface area contributed by atoms with Gasteiger partial charge in [-0.05, 0) is 56.4 Å². The third-order valence-corrected chi connectivity index (χ3v) is 7.44. The number of piperidine rings is 1. The maximum Gasteiger partial charge on any atom is 0.327 e. The van der Waals surface area contributed by atoms with Crippen molar-refractivity contribution >= 4 is 23.0 Å². The SMILES string of the molecule is CCCCOc1nc(N)c2[nH]c(=O)n(CCCN(Cc3cccc(CC(=O)O)c3)C3CCN(CC)CC3)c2n1. The number of rotatable bonds is 14. The summed E-state index contributed by atoms with van der Waals surface area (Å²) < 4.78 is 7.28. The van der Waals surface area contributed by atoms with Gasteiger partial charge in [-0.25, -0.2) is 4.79 Å². The van der Waals surface area contributed by atoms with E-state index >= 15 is 0 Å². The Morgan fingerprint density at radius 3 is 2.69 bits per heavy atom. The fourth-order valence-corrected chi connectivity index (χ4v) is 5.28. The smallest absolute Gasteiger partial charge is 0.327 e. The van der Waals surface area contributed by atoms with E-state index in [1.165, 1.54) is 0 Å². The predicted octanol–water partition coefficient (Wildman–Crippen LogP) is 2.88. The number of nitrogens with one attached hydrogen (secondary N) is 1. The van der Waals surface area contributed by atoms with Gasteiger partial charge in [-0.1, -0.05) is 44.5 Å². The van der Waals surface area contributed by atoms with Gasteiger partial charge in [0.05, 0.1) is 13.0 Å². The molecule has 1 aliphatic rings. The summed E-state index contributed by atoms with van der Waals surface area (Å²) in [5.41, 5.74) is 8.64. The number of aliphatic carboxylic acids is 1. The quantitative estimate of drug-likeness (QED) is 0.264. The van der Waals surface area contributed by atoms with Gasteiger partial charge in [0.2, 0.25) is 0 Å². The number of nitrogens with zero attached hydrogens (tertiary/aromatic N) is 5. The Labute approximate surface area is 229 Å². The van der Waals surface area contributed by atoms with E-state index in [9.17, 15) is 14.7 Å². The Morgan fingerprint density at radius 2 is 1.97 bits per heavy atom. The molecule has 0 bridgehead atoms.